The first-order valence-corrected chi connectivity index (χ1v) is 8.52. The van der Waals surface area contributed by atoms with Gasteiger partial charge in [-0.3, -0.25) is 4.79 Å². The third-order valence-corrected chi connectivity index (χ3v) is 4.86. The predicted octanol–water partition coefficient (Wildman–Crippen LogP) is 3.62. The first kappa shape index (κ1) is 20.3. The van der Waals surface area contributed by atoms with Crippen LogP contribution in [0.5, 0.6) is 0 Å². The zero-order valence-electron chi connectivity index (χ0n) is 15.1. The number of hydrogen-bond acceptors (Lipinski definition) is 3. The molecular weight excluding hydrogens is 347 g/mol. The van der Waals surface area contributed by atoms with Crippen LogP contribution < -0.4 is 10.4 Å². The van der Waals surface area contributed by atoms with Crippen LogP contribution in [0.2, 0.25) is 0 Å². The lowest BCUT2D eigenvalue weighted by atomic mass is 9.59. The minimum atomic E-state index is -4.52. The molecule has 1 aliphatic rings. The largest absolute Gasteiger partial charge is 0.550 e. The molecule has 26 heavy (non-hydrogen) atoms. The second kappa shape index (κ2) is 6.93. The molecule has 0 unspecified atom stereocenters. The molecule has 1 aromatic carbocycles. The summed E-state index contributed by atoms with van der Waals surface area (Å²) >= 11 is 0. The van der Waals surface area contributed by atoms with Gasteiger partial charge in [0.15, 0.2) is 0 Å². The van der Waals surface area contributed by atoms with Gasteiger partial charge in [-0.1, -0.05) is 26.8 Å². The zero-order valence-corrected chi connectivity index (χ0v) is 15.1. The van der Waals surface area contributed by atoms with Crippen molar-refractivity contribution in [3.05, 3.63) is 29.8 Å². The summed E-state index contributed by atoms with van der Waals surface area (Å²) in [4.78, 5) is 24.2. The molecule has 0 bridgehead atoms. The molecule has 2 rings (SSSR count). The lowest BCUT2D eigenvalue weighted by Crippen LogP contribution is -2.50. The normalized spacial score (nSPS) is 25.5. The fourth-order valence-corrected chi connectivity index (χ4v) is 4.39. The highest BCUT2D eigenvalue weighted by atomic mass is 19.4. The predicted molar refractivity (Wildman–Crippen MR) is 88.9 cm³/mol. The van der Waals surface area contributed by atoms with Crippen molar-refractivity contribution in [2.75, 3.05) is 5.32 Å². The maximum absolute atomic E-state index is 12.8. The number of amides is 1. The van der Waals surface area contributed by atoms with Gasteiger partial charge in [0.1, 0.15) is 0 Å². The molecule has 2 atom stereocenters. The number of carbonyl (C=O) groups is 2. The molecule has 1 amide bonds. The molecule has 0 saturated heterocycles. The number of anilines is 1. The van der Waals surface area contributed by atoms with Crippen molar-refractivity contribution >= 4 is 17.6 Å². The van der Waals surface area contributed by atoms with Gasteiger partial charge < -0.3 is 15.2 Å². The Hall–Kier alpha value is -2.05. The standard InChI is InChI=1S/C19H24F3NO3/c1-12-8-17(2,3)11-18(9-12,16(25)26)10-15(24)23-14-6-4-5-13(7-14)19(20,21)22/h4-7,12H,8-11H2,1-3H3,(H,23,24)(H,25,26)/p-1/t12-,18-/m0/s1. The Morgan fingerprint density at radius 3 is 2.46 bits per heavy atom. The first-order chi connectivity index (χ1) is 11.8. The molecule has 1 aliphatic carbocycles. The van der Waals surface area contributed by atoms with Gasteiger partial charge in [0, 0.05) is 23.5 Å². The number of benzene rings is 1. The lowest BCUT2D eigenvalue weighted by molar-refractivity contribution is -0.323. The second-order valence-corrected chi connectivity index (χ2v) is 8.23. The van der Waals surface area contributed by atoms with Crippen LogP contribution in [0.4, 0.5) is 18.9 Å². The molecular formula is C19H23F3NO3-. The summed E-state index contributed by atoms with van der Waals surface area (Å²) in [6.07, 6.45) is -3.39. The van der Waals surface area contributed by atoms with Crippen molar-refractivity contribution in [1.82, 2.24) is 0 Å². The maximum atomic E-state index is 12.8. The van der Waals surface area contributed by atoms with E-state index in [9.17, 15) is 27.9 Å². The highest BCUT2D eigenvalue weighted by Crippen LogP contribution is 2.50. The lowest BCUT2D eigenvalue weighted by Gasteiger charge is -2.48. The molecule has 1 fully saturated rings. The summed E-state index contributed by atoms with van der Waals surface area (Å²) in [5.41, 5.74) is -2.46. The average molecular weight is 370 g/mol. The number of nitrogens with one attached hydrogen (secondary N) is 1. The Bertz CT molecular complexity index is 700. The summed E-state index contributed by atoms with van der Waals surface area (Å²) in [7, 11) is 0. The van der Waals surface area contributed by atoms with Crippen LogP contribution in [0.3, 0.4) is 0 Å². The van der Waals surface area contributed by atoms with Gasteiger partial charge >= 0.3 is 6.18 Å². The van der Waals surface area contributed by atoms with Crippen LogP contribution in [-0.2, 0) is 15.8 Å². The highest BCUT2D eigenvalue weighted by molar-refractivity contribution is 5.94. The van der Waals surface area contributed by atoms with E-state index in [0.29, 0.717) is 12.8 Å². The summed E-state index contributed by atoms with van der Waals surface area (Å²) in [5, 5.41) is 14.2. The van der Waals surface area contributed by atoms with E-state index in [1.165, 1.54) is 12.1 Å². The molecule has 1 N–H and O–H groups in total. The van der Waals surface area contributed by atoms with Gasteiger partial charge in [0.05, 0.1) is 5.56 Å². The van der Waals surface area contributed by atoms with Crippen LogP contribution in [0.15, 0.2) is 24.3 Å². The minimum absolute atomic E-state index is 0.0126. The van der Waals surface area contributed by atoms with Crippen molar-refractivity contribution in [1.29, 1.82) is 0 Å². The van der Waals surface area contributed by atoms with Gasteiger partial charge in [-0.25, -0.2) is 0 Å². The second-order valence-electron chi connectivity index (χ2n) is 8.23. The minimum Gasteiger partial charge on any atom is -0.550 e. The van der Waals surface area contributed by atoms with Crippen LogP contribution in [0, 0.1) is 16.7 Å². The molecule has 0 aliphatic heterocycles. The Labute approximate surface area is 150 Å². The van der Waals surface area contributed by atoms with Crippen molar-refractivity contribution < 1.29 is 27.9 Å². The van der Waals surface area contributed by atoms with E-state index in [2.05, 4.69) is 5.32 Å². The summed E-state index contributed by atoms with van der Waals surface area (Å²) < 4.78 is 38.3. The average Bonchev–Trinajstić information content (AvgIpc) is 2.43. The van der Waals surface area contributed by atoms with E-state index in [4.69, 9.17) is 0 Å². The van der Waals surface area contributed by atoms with E-state index < -0.39 is 29.0 Å². The third-order valence-electron chi connectivity index (χ3n) is 4.86. The molecule has 0 aromatic heterocycles. The summed E-state index contributed by atoms with van der Waals surface area (Å²) in [6, 6.07) is 4.27. The fraction of sp³-hybridized carbons (Fsp3) is 0.579. The monoisotopic (exact) mass is 370 g/mol. The number of halogens is 3. The Kier molecular flexibility index (Phi) is 5.40. The van der Waals surface area contributed by atoms with Gasteiger partial charge in [-0.05, 0) is 48.8 Å². The number of rotatable bonds is 4. The topological polar surface area (TPSA) is 69.2 Å². The number of carbonyl (C=O) groups excluding carboxylic acids is 2. The molecule has 1 saturated carbocycles. The number of carboxylic acid groups (broad SMARTS) is 1. The number of alkyl halides is 3. The van der Waals surface area contributed by atoms with E-state index in [0.717, 1.165) is 18.6 Å². The zero-order chi connectivity index (χ0) is 19.8. The molecule has 0 spiro atoms. The molecule has 1 aromatic rings. The molecule has 0 radical (unpaired) electrons. The Balaban J connectivity index is 2.18. The van der Waals surface area contributed by atoms with E-state index in [-0.39, 0.29) is 23.4 Å². The third kappa shape index (κ3) is 4.77. The van der Waals surface area contributed by atoms with Crippen LogP contribution in [0.25, 0.3) is 0 Å². The van der Waals surface area contributed by atoms with Crippen molar-refractivity contribution in [2.45, 2.75) is 52.6 Å². The van der Waals surface area contributed by atoms with E-state index in [1.807, 2.05) is 20.8 Å². The van der Waals surface area contributed by atoms with Crippen molar-refractivity contribution in [3.63, 3.8) is 0 Å². The smallest absolute Gasteiger partial charge is 0.416 e. The van der Waals surface area contributed by atoms with Gasteiger partial charge in [0.25, 0.3) is 0 Å². The highest BCUT2D eigenvalue weighted by Gasteiger charge is 2.45. The van der Waals surface area contributed by atoms with Gasteiger partial charge in [-0.15, -0.1) is 0 Å². The molecule has 4 nitrogen and oxygen atoms in total. The SMILES string of the molecule is C[C@H]1CC(C)(C)C[C@](CC(=O)Nc2cccc(C(F)(F)F)c2)(C(=O)[O-])C1. The maximum Gasteiger partial charge on any atom is 0.416 e. The summed E-state index contributed by atoms with van der Waals surface area (Å²) in [5.74, 6) is -1.80. The molecule has 0 heterocycles. The number of aliphatic carboxylic acids is 1. The van der Waals surface area contributed by atoms with Gasteiger partial charge in [0.2, 0.25) is 5.91 Å². The van der Waals surface area contributed by atoms with E-state index >= 15 is 0 Å². The van der Waals surface area contributed by atoms with Crippen molar-refractivity contribution in [3.8, 4) is 0 Å². The van der Waals surface area contributed by atoms with Gasteiger partial charge in [-0.2, -0.15) is 13.2 Å². The molecule has 144 valence electrons. The first-order valence-electron chi connectivity index (χ1n) is 8.52. The van der Waals surface area contributed by atoms with Crippen LogP contribution >= 0.6 is 0 Å². The van der Waals surface area contributed by atoms with Crippen LogP contribution in [0.1, 0.15) is 52.0 Å². The molecule has 7 heteroatoms. The fourth-order valence-electron chi connectivity index (χ4n) is 4.39. The van der Waals surface area contributed by atoms with Crippen molar-refractivity contribution in [2.24, 2.45) is 16.7 Å². The number of carboxylic acids is 1. The number of hydrogen-bond donors (Lipinski definition) is 1. The van der Waals surface area contributed by atoms with E-state index in [1.54, 1.807) is 0 Å². The Morgan fingerprint density at radius 2 is 1.92 bits per heavy atom. The van der Waals surface area contributed by atoms with Crippen LogP contribution in [-0.4, -0.2) is 11.9 Å². The summed E-state index contributed by atoms with van der Waals surface area (Å²) in [6.45, 7) is 5.83. The quantitative estimate of drug-likeness (QED) is 0.880. The Morgan fingerprint density at radius 1 is 1.27 bits per heavy atom.